The van der Waals surface area contributed by atoms with E-state index in [9.17, 15) is 9.59 Å². The minimum Gasteiger partial charge on any atom is -0.350 e. The first-order valence-corrected chi connectivity index (χ1v) is 14.5. The van der Waals surface area contributed by atoms with Crippen LogP contribution < -0.4 is 10.6 Å². The van der Waals surface area contributed by atoms with Crippen LogP contribution in [-0.2, 0) is 4.79 Å². The Morgan fingerprint density at radius 1 is 0.900 bits per heavy atom. The molecule has 4 aromatic rings. The first kappa shape index (κ1) is 27.6. The lowest BCUT2D eigenvalue weighted by Crippen LogP contribution is -2.49. The van der Waals surface area contributed by atoms with Crippen molar-refractivity contribution < 1.29 is 9.59 Å². The van der Waals surface area contributed by atoms with Gasteiger partial charge >= 0.3 is 0 Å². The maximum atomic E-state index is 13.9. The van der Waals surface area contributed by atoms with E-state index in [0.29, 0.717) is 25.2 Å². The monoisotopic (exact) mass is 533 g/mol. The summed E-state index contributed by atoms with van der Waals surface area (Å²) in [6, 6.07) is 34.6. The van der Waals surface area contributed by atoms with Gasteiger partial charge in [-0.25, -0.2) is 0 Å². The number of amides is 2. The Morgan fingerprint density at radius 3 is 2.23 bits per heavy atom. The van der Waals surface area contributed by atoms with Crippen molar-refractivity contribution in [3.05, 3.63) is 120 Å². The number of unbranched alkanes of at least 4 members (excludes halogenated alkanes) is 1. The molecule has 0 spiro atoms. The molecule has 5 nitrogen and oxygen atoms in total. The van der Waals surface area contributed by atoms with Crippen molar-refractivity contribution in [1.29, 1.82) is 0 Å². The van der Waals surface area contributed by atoms with Crippen LogP contribution in [0, 0.1) is 0 Å². The van der Waals surface area contributed by atoms with Crippen molar-refractivity contribution in [2.24, 2.45) is 0 Å². The van der Waals surface area contributed by atoms with Gasteiger partial charge in [0.15, 0.2) is 0 Å². The fraction of sp³-hybridized carbons (Fsp3) is 0.314. The minimum atomic E-state index is -0.253. The molecule has 0 aliphatic carbocycles. The SMILES string of the molecule is CCCCC1NC(CNC(=O)c2ccc3ccccc3c2)CCN(CC(c2ccccc2)c2ccccc2)C1=O. The molecule has 1 saturated heterocycles. The van der Waals surface area contributed by atoms with Crippen LogP contribution in [0.4, 0.5) is 0 Å². The summed E-state index contributed by atoms with van der Waals surface area (Å²) in [7, 11) is 0. The lowest BCUT2D eigenvalue weighted by Gasteiger charge is -2.29. The fourth-order valence-electron chi connectivity index (χ4n) is 5.68. The summed E-state index contributed by atoms with van der Waals surface area (Å²) in [6.45, 7) is 3.92. The van der Waals surface area contributed by atoms with Gasteiger partial charge in [0.05, 0.1) is 6.04 Å². The summed E-state index contributed by atoms with van der Waals surface area (Å²) in [5.41, 5.74) is 3.08. The lowest BCUT2D eigenvalue weighted by atomic mass is 9.90. The zero-order valence-electron chi connectivity index (χ0n) is 23.3. The van der Waals surface area contributed by atoms with Crippen LogP contribution in [0.3, 0.4) is 0 Å². The number of hydrogen-bond acceptors (Lipinski definition) is 3. The van der Waals surface area contributed by atoms with E-state index in [-0.39, 0.29) is 29.8 Å². The average molecular weight is 534 g/mol. The fourth-order valence-corrected chi connectivity index (χ4v) is 5.68. The Balaban J connectivity index is 1.30. The molecule has 0 aromatic heterocycles. The largest absolute Gasteiger partial charge is 0.350 e. The molecule has 2 amide bonds. The van der Waals surface area contributed by atoms with Crippen LogP contribution in [0.5, 0.6) is 0 Å². The molecule has 2 N–H and O–H groups in total. The Morgan fingerprint density at radius 2 is 1.55 bits per heavy atom. The van der Waals surface area contributed by atoms with Crippen molar-refractivity contribution in [2.75, 3.05) is 19.6 Å². The summed E-state index contributed by atoms with van der Waals surface area (Å²) >= 11 is 0. The summed E-state index contributed by atoms with van der Waals surface area (Å²) < 4.78 is 0. The van der Waals surface area contributed by atoms with E-state index in [0.717, 1.165) is 36.5 Å². The zero-order valence-corrected chi connectivity index (χ0v) is 23.3. The third-order valence-electron chi connectivity index (χ3n) is 7.97. The Bertz CT molecular complexity index is 1370. The van der Waals surface area contributed by atoms with Crippen LogP contribution in [0.25, 0.3) is 10.8 Å². The van der Waals surface area contributed by atoms with E-state index in [1.165, 1.54) is 11.1 Å². The third-order valence-corrected chi connectivity index (χ3v) is 7.97. The average Bonchev–Trinajstić information content (AvgIpc) is 3.16. The predicted molar refractivity (Wildman–Crippen MR) is 162 cm³/mol. The van der Waals surface area contributed by atoms with Crippen molar-refractivity contribution in [1.82, 2.24) is 15.5 Å². The maximum Gasteiger partial charge on any atom is 0.251 e. The van der Waals surface area contributed by atoms with Crippen LogP contribution in [0.15, 0.2) is 103 Å². The minimum absolute atomic E-state index is 0.0205. The summed E-state index contributed by atoms with van der Waals surface area (Å²) in [6.07, 6.45) is 3.59. The standard InChI is InChI=1S/C35H39N3O2/c1-2-3-18-33-35(40)38(25-32(27-13-6-4-7-14-27)28-15-8-5-9-16-28)22-21-31(37-33)24-36-34(39)30-20-19-26-12-10-11-17-29(26)23-30/h4-17,19-20,23,31-33,37H,2-3,18,21-22,24-25H2,1H3,(H,36,39). The smallest absolute Gasteiger partial charge is 0.251 e. The van der Waals surface area contributed by atoms with Crippen molar-refractivity contribution in [3.63, 3.8) is 0 Å². The number of rotatable bonds is 10. The second-order valence-electron chi connectivity index (χ2n) is 10.8. The molecule has 1 aliphatic rings. The van der Waals surface area contributed by atoms with Gasteiger partial charge in [0.1, 0.15) is 0 Å². The van der Waals surface area contributed by atoms with Gasteiger partial charge in [0.25, 0.3) is 5.91 Å². The molecule has 40 heavy (non-hydrogen) atoms. The summed E-state index contributed by atoms with van der Waals surface area (Å²) in [5, 5.41) is 8.91. The highest BCUT2D eigenvalue weighted by atomic mass is 16.2. The van der Waals surface area contributed by atoms with E-state index in [2.05, 4.69) is 66.1 Å². The molecule has 5 rings (SSSR count). The van der Waals surface area contributed by atoms with Gasteiger partial charge in [-0.2, -0.15) is 0 Å². The topological polar surface area (TPSA) is 61.4 Å². The molecule has 4 aromatic carbocycles. The van der Waals surface area contributed by atoms with Gasteiger partial charge in [0, 0.05) is 37.2 Å². The zero-order chi connectivity index (χ0) is 27.7. The molecule has 1 aliphatic heterocycles. The van der Waals surface area contributed by atoms with Gasteiger partial charge in [-0.1, -0.05) is 111 Å². The second kappa shape index (κ2) is 13.4. The number of nitrogens with zero attached hydrogens (tertiary/aromatic N) is 1. The number of benzene rings is 4. The van der Waals surface area contributed by atoms with Crippen LogP contribution in [0.2, 0.25) is 0 Å². The van der Waals surface area contributed by atoms with Gasteiger partial charge in [-0.3, -0.25) is 9.59 Å². The lowest BCUT2D eigenvalue weighted by molar-refractivity contribution is -0.133. The third kappa shape index (κ3) is 6.78. The van der Waals surface area contributed by atoms with E-state index in [4.69, 9.17) is 0 Å². The maximum absolute atomic E-state index is 13.9. The first-order chi connectivity index (χ1) is 19.6. The van der Waals surface area contributed by atoms with Gasteiger partial charge < -0.3 is 15.5 Å². The van der Waals surface area contributed by atoms with E-state index in [1.807, 2.05) is 59.5 Å². The van der Waals surface area contributed by atoms with Crippen molar-refractivity contribution in [2.45, 2.75) is 50.6 Å². The number of hydrogen-bond donors (Lipinski definition) is 2. The van der Waals surface area contributed by atoms with E-state index >= 15 is 0 Å². The second-order valence-corrected chi connectivity index (χ2v) is 10.8. The number of nitrogens with one attached hydrogen (secondary N) is 2. The van der Waals surface area contributed by atoms with Crippen LogP contribution in [-0.4, -0.2) is 48.4 Å². The van der Waals surface area contributed by atoms with E-state index < -0.39 is 0 Å². The van der Waals surface area contributed by atoms with Gasteiger partial charge in [-0.05, 0) is 46.9 Å². The van der Waals surface area contributed by atoms with E-state index in [1.54, 1.807) is 0 Å². The molecule has 1 heterocycles. The highest BCUT2D eigenvalue weighted by Gasteiger charge is 2.32. The molecule has 0 saturated carbocycles. The highest BCUT2D eigenvalue weighted by Crippen LogP contribution is 2.27. The molecule has 0 radical (unpaired) electrons. The summed E-state index contributed by atoms with van der Waals surface area (Å²) in [4.78, 5) is 28.9. The first-order valence-electron chi connectivity index (χ1n) is 14.5. The molecule has 2 atom stereocenters. The molecule has 0 bridgehead atoms. The molecule has 1 fully saturated rings. The summed E-state index contributed by atoms with van der Waals surface area (Å²) in [5.74, 6) is 0.175. The van der Waals surface area contributed by atoms with Crippen molar-refractivity contribution in [3.8, 4) is 0 Å². The van der Waals surface area contributed by atoms with Crippen LogP contribution >= 0.6 is 0 Å². The molecular formula is C35H39N3O2. The molecular weight excluding hydrogens is 494 g/mol. The van der Waals surface area contributed by atoms with Crippen LogP contribution in [0.1, 0.15) is 60.0 Å². The number of carbonyl (C=O) groups excluding carboxylic acids is 2. The Labute approximate surface area is 237 Å². The number of carbonyl (C=O) groups is 2. The van der Waals surface area contributed by atoms with Gasteiger partial charge in [0.2, 0.25) is 5.91 Å². The molecule has 2 unspecified atom stereocenters. The molecule has 5 heteroatoms. The predicted octanol–water partition coefficient (Wildman–Crippen LogP) is 6.15. The normalized spacial score (nSPS) is 17.6. The molecule has 206 valence electrons. The van der Waals surface area contributed by atoms with Crippen molar-refractivity contribution >= 4 is 22.6 Å². The Kier molecular flexibility index (Phi) is 9.25. The highest BCUT2D eigenvalue weighted by molar-refractivity contribution is 5.98. The quantitative estimate of drug-likeness (QED) is 0.257. The number of fused-ring (bicyclic) bond motifs is 1. The Hall–Kier alpha value is -3.96. The van der Waals surface area contributed by atoms with Gasteiger partial charge in [-0.15, -0.1) is 0 Å².